The van der Waals surface area contributed by atoms with Crippen molar-refractivity contribution in [2.24, 2.45) is 0 Å². The van der Waals surface area contributed by atoms with Crippen molar-refractivity contribution in [3.63, 3.8) is 0 Å². The lowest BCUT2D eigenvalue weighted by Crippen LogP contribution is -2.42. The number of carbonyl (C=O) groups is 2. The monoisotopic (exact) mass is 367 g/mol. The molecular formula is C17H25N3O4S. The van der Waals surface area contributed by atoms with E-state index in [0.717, 1.165) is 25.7 Å². The van der Waals surface area contributed by atoms with E-state index in [0.29, 0.717) is 5.56 Å². The summed E-state index contributed by atoms with van der Waals surface area (Å²) >= 11 is 0. The maximum absolute atomic E-state index is 12.3. The van der Waals surface area contributed by atoms with Crippen LogP contribution < -0.4 is 15.4 Å². The lowest BCUT2D eigenvalue weighted by molar-refractivity contribution is -0.121. The molecule has 0 aliphatic heterocycles. The predicted molar refractivity (Wildman–Crippen MR) is 94.8 cm³/mol. The van der Waals surface area contributed by atoms with Crippen LogP contribution in [0.5, 0.6) is 0 Å². The van der Waals surface area contributed by atoms with Crippen molar-refractivity contribution in [3.05, 3.63) is 29.3 Å². The minimum Gasteiger partial charge on any atom is -0.352 e. The number of hydrogen-bond donors (Lipinski definition) is 3. The molecule has 25 heavy (non-hydrogen) atoms. The second-order valence-electron chi connectivity index (χ2n) is 6.27. The van der Waals surface area contributed by atoms with Gasteiger partial charge in [-0.05, 0) is 44.5 Å². The Morgan fingerprint density at radius 2 is 1.84 bits per heavy atom. The molecule has 0 bridgehead atoms. The van der Waals surface area contributed by atoms with Gasteiger partial charge < -0.3 is 10.6 Å². The maximum atomic E-state index is 12.3. The van der Waals surface area contributed by atoms with E-state index in [-0.39, 0.29) is 29.0 Å². The average Bonchev–Trinajstić information content (AvgIpc) is 2.60. The number of hydrogen-bond acceptors (Lipinski definition) is 4. The van der Waals surface area contributed by atoms with E-state index >= 15 is 0 Å². The molecule has 1 aliphatic rings. The van der Waals surface area contributed by atoms with Crippen molar-refractivity contribution in [2.45, 2.75) is 50.0 Å². The topological polar surface area (TPSA) is 104 Å². The largest absolute Gasteiger partial charge is 0.352 e. The minimum atomic E-state index is -3.63. The summed E-state index contributed by atoms with van der Waals surface area (Å²) < 4.78 is 26.0. The minimum absolute atomic E-state index is 0.0115. The van der Waals surface area contributed by atoms with Gasteiger partial charge in [0, 0.05) is 11.6 Å². The molecule has 2 rings (SSSR count). The Labute approximate surface area is 148 Å². The lowest BCUT2D eigenvalue weighted by atomic mass is 9.95. The van der Waals surface area contributed by atoms with E-state index in [1.54, 1.807) is 13.0 Å². The van der Waals surface area contributed by atoms with E-state index < -0.39 is 15.9 Å². The van der Waals surface area contributed by atoms with Gasteiger partial charge in [-0.15, -0.1) is 0 Å². The lowest BCUT2D eigenvalue weighted by Gasteiger charge is -2.22. The Morgan fingerprint density at radius 1 is 1.16 bits per heavy atom. The SMILES string of the molecule is CNS(=O)(=O)c1ccc(C)c(C(=O)NCC(=O)NC2CCCCC2)c1. The Morgan fingerprint density at radius 3 is 2.48 bits per heavy atom. The summed E-state index contributed by atoms with van der Waals surface area (Å²) in [7, 11) is -2.32. The maximum Gasteiger partial charge on any atom is 0.252 e. The molecule has 0 heterocycles. The van der Waals surface area contributed by atoms with E-state index in [2.05, 4.69) is 15.4 Å². The molecule has 7 nitrogen and oxygen atoms in total. The van der Waals surface area contributed by atoms with Crippen LogP contribution in [0.1, 0.15) is 48.0 Å². The molecule has 3 N–H and O–H groups in total. The normalized spacial score (nSPS) is 15.6. The summed E-state index contributed by atoms with van der Waals surface area (Å²) in [6.45, 7) is 1.59. The summed E-state index contributed by atoms with van der Waals surface area (Å²) in [5, 5.41) is 5.49. The first kappa shape index (κ1) is 19.4. The van der Waals surface area contributed by atoms with Crippen molar-refractivity contribution >= 4 is 21.8 Å². The molecule has 0 saturated heterocycles. The molecule has 0 atom stereocenters. The summed E-state index contributed by atoms with van der Waals surface area (Å²) in [6.07, 6.45) is 5.38. The highest BCUT2D eigenvalue weighted by Gasteiger charge is 2.18. The summed E-state index contributed by atoms with van der Waals surface area (Å²) in [4.78, 5) is 24.3. The number of sulfonamides is 1. The number of amides is 2. The van der Waals surface area contributed by atoms with Crippen molar-refractivity contribution in [2.75, 3.05) is 13.6 Å². The highest BCUT2D eigenvalue weighted by Crippen LogP contribution is 2.17. The standard InChI is InChI=1S/C17H25N3O4S/c1-12-8-9-14(25(23,24)18-2)10-15(12)17(22)19-11-16(21)20-13-6-4-3-5-7-13/h8-10,13,18H,3-7,11H2,1-2H3,(H,19,22)(H,20,21). The van der Waals surface area contributed by atoms with Crippen molar-refractivity contribution < 1.29 is 18.0 Å². The quantitative estimate of drug-likeness (QED) is 0.700. The molecular weight excluding hydrogens is 342 g/mol. The first-order valence-corrected chi connectivity index (χ1v) is 9.93. The number of rotatable bonds is 6. The predicted octanol–water partition coefficient (Wildman–Crippen LogP) is 1.08. The zero-order valence-corrected chi connectivity index (χ0v) is 15.4. The molecule has 0 unspecified atom stereocenters. The Kier molecular flexibility index (Phi) is 6.55. The fourth-order valence-corrected chi connectivity index (χ4v) is 3.67. The molecule has 2 amide bonds. The van der Waals surface area contributed by atoms with Gasteiger partial charge in [0.1, 0.15) is 0 Å². The van der Waals surface area contributed by atoms with Gasteiger partial charge in [0.15, 0.2) is 0 Å². The fraction of sp³-hybridized carbons (Fsp3) is 0.529. The van der Waals surface area contributed by atoms with Crippen LogP contribution in [0, 0.1) is 6.92 Å². The van der Waals surface area contributed by atoms with Gasteiger partial charge in [-0.3, -0.25) is 9.59 Å². The molecule has 138 valence electrons. The van der Waals surface area contributed by atoms with Crippen LogP contribution in [0.4, 0.5) is 0 Å². The van der Waals surface area contributed by atoms with Gasteiger partial charge in [0.2, 0.25) is 15.9 Å². The first-order chi connectivity index (χ1) is 11.8. The molecule has 0 spiro atoms. The third-order valence-corrected chi connectivity index (χ3v) is 5.82. The highest BCUT2D eigenvalue weighted by atomic mass is 32.2. The van der Waals surface area contributed by atoms with Crippen LogP contribution in [0.25, 0.3) is 0 Å². The van der Waals surface area contributed by atoms with Crippen molar-refractivity contribution in [3.8, 4) is 0 Å². The number of aryl methyl sites for hydroxylation is 1. The van der Waals surface area contributed by atoms with Gasteiger partial charge in [-0.25, -0.2) is 13.1 Å². The van der Waals surface area contributed by atoms with Crippen molar-refractivity contribution in [1.82, 2.24) is 15.4 Å². The third kappa shape index (κ3) is 5.27. The number of nitrogens with one attached hydrogen (secondary N) is 3. The van der Waals surface area contributed by atoms with Crippen LogP contribution in [0.2, 0.25) is 0 Å². The van der Waals surface area contributed by atoms with Gasteiger partial charge in [0.05, 0.1) is 11.4 Å². The summed E-state index contributed by atoms with van der Waals surface area (Å²) in [5.41, 5.74) is 0.877. The molecule has 1 aliphatic carbocycles. The van der Waals surface area contributed by atoms with E-state index in [4.69, 9.17) is 0 Å². The molecule has 8 heteroatoms. The van der Waals surface area contributed by atoms with Crippen molar-refractivity contribution in [1.29, 1.82) is 0 Å². The average molecular weight is 367 g/mol. The molecule has 0 radical (unpaired) electrons. The Balaban J connectivity index is 1.98. The van der Waals surface area contributed by atoms with Gasteiger partial charge in [-0.2, -0.15) is 0 Å². The number of carbonyl (C=O) groups excluding carboxylic acids is 2. The second-order valence-corrected chi connectivity index (χ2v) is 8.16. The zero-order chi connectivity index (χ0) is 18.4. The highest BCUT2D eigenvalue weighted by molar-refractivity contribution is 7.89. The molecule has 1 fully saturated rings. The van der Waals surface area contributed by atoms with E-state index in [1.807, 2.05) is 0 Å². The number of benzene rings is 1. The van der Waals surface area contributed by atoms with Crippen LogP contribution in [0.3, 0.4) is 0 Å². The molecule has 0 aromatic heterocycles. The molecule has 1 aromatic carbocycles. The summed E-state index contributed by atoms with van der Waals surface area (Å²) in [6, 6.07) is 4.51. The van der Waals surface area contributed by atoms with Crippen LogP contribution in [-0.2, 0) is 14.8 Å². The van der Waals surface area contributed by atoms with Crippen LogP contribution >= 0.6 is 0 Å². The third-order valence-electron chi connectivity index (χ3n) is 4.41. The Hall–Kier alpha value is -1.93. The van der Waals surface area contributed by atoms with Crippen LogP contribution in [0.15, 0.2) is 23.1 Å². The van der Waals surface area contributed by atoms with E-state index in [9.17, 15) is 18.0 Å². The smallest absolute Gasteiger partial charge is 0.252 e. The van der Waals surface area contributed by atoms with Gasteiger partial charge in [-0.1, -0.05) is 25.3 Å². The van der Waals surface area contributed by atoms with Crippen LogP contribution in [-0.4, -0.2) is 39.9 Å². The molecule has 1 saturated carbocycles. The Bertz CT molecular complexity index is 740. The zero-order valence-electron chi connectivity index (χ0n) is 14.6. The van der Waals surface area contributed by atoms with E-state index in [1.165, 1.54) is 25.6 Å². The molecule has 1 aromatic rings. The second kappa shape index (κ2) is 8.44. The van der Waals surface area contributed by atoms with Gasteiger partial charge in [0.25, 0.3) is 5.91 Å². The first-order valence-electron chi connectivity index (χ1n) is 8.45. The summed E-state index contributed by atoms with van der Waals surface area (Å²) in [5.74, 6) is -0.693. The fourth-order valence-electron chi connectivity index (χ4n) is 2.91. The van der Waals surface area contributed by atoms with Gasteiger partial charge >= 0.3 is 0 Å².